The van der Waals surface area contributed by atoms with E-state index in [1.54, 1.807) is 0 Å². The summed E-state index contributed by atoms with van der Waals surface area (Å²) in [6, 6.07) is 0. The minimum atomic E-state index is 0.873. The van der Waals surface area contributed by atoms with Crippen LogP contribution in [0.5, 0.6) is 0 Å². The molecule has 0 aliphatic carbocycles. The first-order valence-corrected chi connectivity index (χ1v) is 14.4. The zero-order valence-corrected chi connectivity index (χ0v) is 21.1. The highest BCUT2D eigenvalue weighted by molar-refractivity contribution is 4.52. The van der Waals surface area contributed by atoms with Crippen LogP contribution in [0.4, 0.5) is 0 Å². The van der Waals surface area contributed by atoms with Crippen LogP contribution in [0.1, 0.15) is 173 Å². The lowest BCUT2D eigenvalue weighted by Crippen LogP contribution is -1.97. The molecule has 0 saturated carbocycles. The van der Waals surface area contributed by atoms with E-state index in [0.717, 1.165) is 13.0 Å². The van der Waals surface area contributed by atoms with Crippen molar-refractivity contribution in [3.05, 3.63) is 6.92 Å². The maximum absolute atomic E-state index is 5.53. The van der Waals surface area contributed by atoms with E-state index in [9.17, 15) is 0 Å². The average Bonchev–Trinajstić information content (AvgIpc) is 2.76. The second kappa shape index (κ2) is 29.0. The molecule has 0 spiro atoms. The van der Waals surface area contributed by atoms with Gasteiger partial charge in [-0.05, 0) is 13.0 Å². The van der Waals surface area contributed by atoms with Crippen molar-refractivity contribution in [2.75, 3.05) is 6.54 Å². The van der Waals surface area contributed by atoms with Gasteiger partial charge < -0.3 is 5.73 Å². The maximum Gasteiger partial charge on any atom is -0.00773 e. The van der Waals surface area contributed by atoms with Crippen LogP contribution < -0.4 is 5.73 Å². The number of hydrogen-bond acceptors (Lipinski definition) is 1. The largest absolute Gasteiger partial charge is 0.330 e. The lowest BCUT2D eigenvalue weighted by atomic mass is 10.0. The summed E-state index contributed by atoms with van der Waals surface area (Å²) in [6.07, 6.45) is 38.7. The molecule has 0 heterocycles. The second-order valence-corrected chi connectivity index (χ2v) is 9.83. The number of nitrogens with two attached hydrogens (primary N) is 1. The van der Waals surface area contributed by atoms with Crippen molar-refractivity contribution in [2.45, 2.75) is 173 Å². The SMILES string of the molecule is [CH2]CCCCCCCCCCCCCCCCCCCCCCCCCCCCN. The van der Waals surface area contributed by atoms with Gasteiger partial charge in [-0.2, -0.15) is 0 Å². The Kier molecular flexibility index (Phi) is 28.9. The molecule has 0 amide bonds. The lowest BCUT2D eigenvalue weighted by molar-refractivity contribution is 0.515. The molecule has 0 aromatic carbocycles. The van der Waals surface area contributed by atoms with Crippen LogP contribution in [0.15, 0.2) is 0 Å². The molecule has 0 fully saturated rings. The van der Waals surface area contributed by atoms with Crippen molar-refractivity contribution < 1.29 is 0 Å². The fraction of sp³-hybridized carbons (Fsp3) is 0.966. The molecule has 181 valence electrons. The van der Waals surface area contributed by atoms with Crippen LogP contribution >= 0.6 is 0 Å². The molecule has 1 nitrogen and oxygen atoms in total. The van der Waals surface area contributed by atoms with Crippen LogP contribution in [0.25, 0.3) is 0 Å². The first kappa shape index (κ1) is 30.0. The van der Waals surface area contributed by atoms with Crippen molar-refractivity contribution in [2.24, 2.45) is 5.73 Å². The molecule has 0 aliphatic heterocycles. The normalized spacial score (nSPS) is 11.4. The smallest absolute Gasteiger partial charge is 0.00773 e. The van der Waals surface area contributed by atoms with E-state index in [0.29, 0.717) is 0 Å². The zero-order valence-electron chi connectivity index (χ0n) is 21.1. The van der Waals surface area contributed by atoms with Gasteiger partial charge in [0.25, 0.3) is 0 Å². The van der Waals surface area contributed by atoms with E-state index in [-0.39, 0.29) is 0 Å². The molecule has 0 aromatic heterocycles. The maximum atomic E-state index is 5.53. The van der Waals surface area contributed by atoms with E-state index in [4.69, 9.17) is 5.73 Å². The van der Waals surface area contributed by atoms with Gasteiger partial charge in [-0.3, -0.25) is 0 Å². The fourth-order valence-corrected chi connectivity index (χ4v) is 4.56. The van der Waals surface area contributed by atoms with Crippen LogP contribution in [0, 0.1) is 6.92 Å². The monoisotopic (exact) mass is 422 g/mol. The molecule has 2 N–H and O–H groups in total. The van der Waals surface area contributed by atoms with Crippen LogP contribution in [0.3, 0.4) is 0 Å². The summed E-state index contributed by atoms with van der Waals surface area (Å²) < 4.78 is 0. The summed E-state index contributed by atoms with van der Waals surface area (Å²) in [7, 11) is 0. The first-order chi connectivity index (χ1) is 14.9. The Hall–Kier alpha value is -0.0400. The summed E-state index contributed by atoms with van der Waals surface area (Å²) in [5.41, 5.74) is 5.53. The Balaban J connectivity index is 2.97. The molecule has 0 bridgehead atoms. The predicted octanol–water partition coefficient (Wildman–Crippen LogP) is 10.3. The topological polar surface area (TPSA) is 26.0 Å². The molecule has 0 unspecified atom stereocenters. The number of unbranched alkanes of at least 4 members (excludes halogenated alkanes) is 26. The van der Waals surface area contributed by atoms with Gasteiger partial charge in [-0.1, -0.05) is 174 Å². The Morgan fingerprint density at radius 3 is 0.600 bits per heavy atom. The van der Waals surface area contributed by atoms with E-state index in [2.05, 4.69) is 6.92 Å². The number of rotatable bonds is 27. The van der Waals surface area contributed by atoms with Crippen LogP contribution in [-0.2, 0) is 0 Å². The van der Waals surface area contributed by atoms with Gasteiger partial charge in [-0.15, -0.1) is 0 Å². The highest BCUT2D eigenvalue weighted by Crippen LogP contribution is 2.16. The molecule has 0 aliphatic rings. The van der Waals surface area contributed by atoms with E-state index < -0.39 is 0 Å². The average molecular weight is 423 g/mol. The van der Waals surface area contributed by atoms with Crippen molar-refractivity contribution in [3.63, 3.8) is 0 Å². The molecule has 0 rings (SSSR count). The van der Waals surface area contributed by atoms with E-state index in [1.165, 1.54) is 167 Å². The third kappa shape index (κ3) is 28.0. The Morgan fingerprint density at radius 2 is 0.433 bits per heavy atom. The van der Waals surface area contributed by atoms with Crippen LogP contribution in [0.2, 0.25) is 0 Å². The van der Waals surface area contributed by atoms with E-state index in [1.807, 2.05) is 0 Å². The Bertz CT molecular complexity index is 248. The fourth-order valence-electron chi connectivity index (χ4n) is 4.56. The molecule has 0 saturated heterocycles. The van der Waals surface area contributed by atoms with Crippen molar-refractivity contribution in [3.8, 4) is 0 Å². The third-order valence-electron chi connectivity index (χ3n) is 6.70. The Labute approximate surface area is 192 Å². The van der Waals surface area contributed by atoms with Gasteiger partial charge in [0, 0.05) is 0 Å². The predicted molar refractivity (Wildman–Crippen MR) is 139 cm³/mol. The summed E-state index contributed by atoms with van der Waals surface area (Å²) in [5.74, 6) is 0. The summed E-state index contributed by atoms with van der Waals surface area (Å²) >= 11 is 0. The van der Waals surface area contributed by atoms with Gasteiger partial charge in [0.05, 0.1) is 0 Å². The quantitative estimate of drug-likeness (QED) is 0.131. The van der Waals surface area contributed by atoms with Crippen molar-refractivity contribution in [1.82, 2.24) is 0 Å². The molecule has 0 aromatic rings. The first-order valence-electron chi connectivity index (χ1n) is 14.4. The minimum Gasteiger partial charge on any atom is -0.330 e. The highest BCUT2D eigenvalue weighted by atomic mass is 14.5. The highest BCUT2D eigenvalue weighted by Gasteiger charge is 1.96. The lowest BCUT2D eigenvalue weighted by Gasteiger charge is -2.04. The summed E-state index contributed by atoms with van der Waals surface area (Å²) in [4.78, 5) is 0. The van der Waals surface area contributed by atoms with Gasteiger partial charge in [0.2, 0.25) is 0 Å². The van der Waals surface area contributed by atoms with Crippen molar-refractivity contribution in [1.29, 1.82) is 0 Å². The summed E-state index contributed by atoms with van der Waals surface area (Å²) in [5, 5.41) is 0. The summed E-state index contributed by atoms with van der Waals surface area (Å²) in [6.45, 7) is 4.79. The molecule has 1 heteroatoms. The second-order valence-electron chi connectivity index (χ2n) is 9.83. The van der Waals surface area contributed by atoms with Gasteiger partial charge in [0.15, 0.2) is 0 Å². The van der Waals surface area contributed by atoms with Crippen LogP contribution in [-0.4, -0.2) is 6.54 Å². The molecular weight excluding hydrogens is 362 g/mol. The molecular formula is C29H60N. The molecule has 0 atom stereocenters. The minimum absolute atomic E-state index is 0.873. The Morgan fingerprint density at radius 1 is 0.267 bits per heavy atom. The molecule has 1 radical (unpaired) electrons. The standard InChI is InChI=1S/C29H60N/c1-2-3-4-5-6-7-8-9-10-11-12-13-14-15-16-17-18-19-20-21-22-23-24-25-26-27-28-29-30/h1-30H2. The van der Waals surface area contributed by atoms with E-state index >= 15 is 0 Å². The van der Waals surface area contributed by atoms with Crippen molar-refractivity contribution >= 4 is 0 Å². The third-order valence-corrected chi connectivity index (χ3v) is 6.70. The van der Waals surface area contributed by atoms with Gasteiger partial charge in [0.1, 0.15) is 0 Å². The van der Waals surface area contributed by atoms with Gasteiger partial charge in [-0.25, -0.2) is 0 Å². The zero-order chi connectivity index (χ0) is 21.8. The van der Waals surface area contributed by atoms with Gasteiger partial charge >= 0.3 is 0 Å². The molecule has 30 heavy (non-hydrogen) atoms. The number of hydrogen-bond donors (Lipinski definition) is 1.